The minimum Gasteiger partial charge on any atom is -0.478 e. The Bertz CT molecular complexity index is 1420. The summed E-state index contributed by atoms with van der Waals surface area (Å²) in [6, 6.07) is 20.5. The summed E-state index contributed by atoms with van der Waals surface area (Å²) < 4.78 is 0. The monoisotopic (exact) mass is 555 g/mol. The highest BCUT2D eigenvalue weighted by atomic mass is 16.4. The van der Waals surface area contributed by atoms with Gasteiger partial charge in [0.05, 0.1) is 5.56 Å². The Hall–Kier alpha value is -4.79. The van der Waals surface area contributed by atoms with Crippen LogP contribution in [0.25, 0.3) is 11.1 Å². The average Bonchev–Trinajstić information content (AvgIpc) is 3.13. The summed E-state index contributed by atoms with van der Waals surface area (Å²) in [6.45, 7) is 2.28. The molecule has 1 fully saturated rings. The highest BCUT2D eigenvalue weighted by Crippen LogP contribution is 2.21. The molecule has 2 unspecified atom stereocenters. The van der Waals surface area contributed by atoms with E-state index in [0.717, 1.165) is 29.5 Å². The van der Waals surface area contributed by atoms with Gasteiger partial charge < -0.3 is 20.6 Å². The lowest BCUT2D eigenvalue weighted by atomic mass is 9.99. The number of hydrogen-bond donors (Lipinski definition) is 3. The van der Waals surface area contributed by atoms with E-state index in [2.05, 4.69) is 10.6 Å². The predicted molar refractivity (Wildman–Crippen MR) is 153 cm³/mol. The maximum Gasteiger partial charge on any atom is 0.336 e. The van der Waals surface area contributed by atoms with Crippen molar-refractivity contribution in [2.75, 3.05) is 6.54 Å². The molecular formula is C32H33N3O6. The molecule has 0 spiro atoms. The van der Waals surface area contributed by atoms with Crippen molar-refractivity contribution in [1.82, 2.24) is 15.5 Å². The molecule has 4 rings (SSSR count). The van der Waals surface area contributed by atoms with Gasteiger partial charge in [0.1, 0.15) is 12.1 Å². The fraction of sp³-hybridized carbons (Fsp3) is 0.281. The third-order valence-corrected chi connectivity index (χ3v) is 7.14. The zero-order chi connectivity index (χ0) is 29.4. The smallest absolute Gasteiger partial charge is 0.336 e. The molecule has 3 aromatic carbocycles. The van der Waals surface area contributed by atoms with Crippen molar-refractivity contribution in [2.45, 2.75) is 51.2 Å². The molecule has 0 aromatic heterocycles. The van der Waals surface area contributed by atoms with Crippen molar-refractivity contribution in [1.29, 1.82) is 0 Å². The molecule has 9 heteroatoms. The summed E-state index contributed by atoms with van der Waals surface area (Å²) in [5.74, 6) is -2.38. The number of aldehydes is 1. The lowest BCUT2D eigenvalue weighted by molar-refractivity contribution is -0.137. The third-order valence-electron chi connectivity index (χ3n) is 7.14. The van der Waals surface area contributed by atoms with E-state index in [4.69, 9.17) is 0 Å². The van der Waals surface area contributed by atoms with Gasteiger partial charge >= 0.3 is 5.97 Å². The summed E-state index contributed by atoms with van der Waals surface area (Å²) in [6.07, 6.45) is 2.49. The van der Waals surface area contributed by atoms with E-state index in [1.54, 1.807) is 4.90 Å². The zero-order valence-corrected chi connectivity index (χ0v) is 22.8. The maximum absolute atomic E-state index is 13.5. The van der Waals surface area contributed by atoms with Crippen LogP contribution in [0.3, 0.4) is 0 Å². The molecule has 0 radical (unpaired) electrons. The van der Waals surface area contributed by atoms with Crippen LogP contribution in [0.5, 0.6) is 0 Å². The van der Waals surface area contributed by atoms with Gasteiger partial charge in [0.15, 0.2) is 6.29 Å². The number of rotatable bonds is 10. The van der Waals surface area contributed by atoms with Crippen LogP contribution in [0.15, 0.2) is 72.8 Å². The van der Waals surface area contributed by atoms with E-state index in [-0.39, 0.29) is 23.5 Å². The molecular weight excluding hydrogens is 522 g/mol. The Morgan fingerprint density at radius 2 is 1.66 bits per heavy atom. The number of nitrogens with zero attached hydrogens (tertiary/aromatic N) is 1. The standard InChI is InChI=1S/C32H33N3O6/c1-21(37)33-29(18-23-12-15-27(32(40)41)26(17-23)20-36)30(38)34-28-9-5-6-16-35(31(28)39)19-22-10-13-25(14-11-22)24-7-3-2-4-8-24/h2-4,7-8,10-15,17,20,28-29H,5-6,9,16,18-19H2,1H3,(H,33,37)(H,34,38)(H,40,41). The first kappa shape index (κ1) is 29.2. The van der Waals surface area contributed by atoms with E-state index >= 15 is 0 Å². The van der Waals surface area contributed by atoms with Gasteiger partial charge in [-0.2, -0.15) is 0 Å². The van der Waals surface area contributed by atoms with E-state index in [0.29, 0.717) is 31.4 Å². The van der Waals surface area contributed by atoms with Crippen LogP contribution in [0.1, 0.15) is 58.0 Å². The number of carboxylic acid groups (broad SMARTS) is 1. The number of likely N-dealkylation sites (tertiary alicyclic amines) is 1. The van der Waals surface area contributed by atoms with E-state index in [9.17, 15) is 29.1 Å². The molecule has 1 heterocycles. The highest BCUT2D eigenvalue weighted by molar-refractivity contribution is 5.97. The van der Waals surface area contributed by atoms with Crippen molar-refractivity contribution in [2.24, 2.45) is 0 Å². The van der Waals surface area contributed by atoms with Crippen LogP contribution in [-0.2, 0) is 27.3 Å². The summed E-state index contributed by atoms with van der Waals surface area (Å²) >= 11 is 0. The molecule has 2 atom stereocenters. The van der Waals surface area contributed by atoms with Gasteiger partial charge in [-0.25, -0.2) is 4.79 Å². The number of carbonyl (C=O) groups excluding carboxylic acids is 4. The summed E-state index contributed by atoms with van der Waals surface area (Å²) in [4.78, 5) is 63.2. The van der Waals surface area contributed by atoms with Gasteiger partial charge in [-0.15, -0.1) is 0 Å². The molecule has 3 aromatic rings. The second-order valence-corrected chi connectivity index (χ2v) is 10.2. The number of amides is 3. The van der Waals surface area contributed by atoms with Crippen molar-refractivity contribution in [3.05, 3.63) is 95.1 Å². The molecule has 0 aliphatic carbocycles. The van der Waals surface area contributed by atoms with Gasteiger partial charge in [0.25, 0.3) is 0 Å². The maximum atomic E-state index is 13.5. The fourth-order valence-electron chi connectivity index (χ4n) is 5.04. The van der Waals surface area contributed by atoms with Gasteiger partial charge in [0, 0.05) is 32.0 Å². The van der Waals surface area contributed by atoms with E-state index in [1.165, 1.54) is 25.1 Å². The van der Waals surface area contributed by atoms with Crippen LogP contribution in [0, 0.1) is 0 Å². The van der Waals surface area contributed by atoms with Gasteiger partial charge in [-0.3, -0.25) is 19.2 Å². The number of nitrogens with one attached hydrogen (secondary N) is 2. The molecule has 212 valence electrons. The Balaban J connectivity index is 1.45. The zero-order valence-electron chi connectivity index (χ0n) is 22.8. The topological polar surface area (TPSA) is 133 Å². The largest absolute Gasteiger partial charge is 0.478 e. The quantitative estimate of drug-likeness (QED) is 0.328. The van der Waals surface area contributed by atoms with Gasteiger partial charge in [0.2, 0.25) is 17.7 Å². The second-order valence-electron chi connectivity index (χ2n) is 10.2. The Kier molecular flexibility index (Phi) is 9.63. The lowest BCUT2D eigenvalue weighted by Gasteiger charge is -2.27. The first-order chi connectivity index (χ1) is 19.7. The molecule has 1 saturated heterocycles. The average molecular weight is 556 g/mol. The number of carboxylic acids is 1. The predicted octanol–water partition coefficient (Wildman–Crippen LogP) is 3.61. The number of benzene rings is 3. The summed E-state index contributed by atoms with van der Waals surface area (Å²) in [5, 5.41) is 14.7. The normalized spacial score (nSPS) is 15.9. The van der Waals surface area contributed by atoms with Crippen LogP contribution in [-0.4, -0.2) is 58.6 Å². The lowest BCUT2D eigenvalue weighted by Crippen LogP contribution is -2.54. The number of hydrogen-bond acceptors (Lipinski definition) is 5. The fourth-order valence-corrected chi connectivity index (χ4v) is 5.04. The second kappa shape index (κ2) is 13.5. The minimum atomic E-state index is -1.24. The summed E-state index contributed by atoms with van der Waals surface area (Å²) in [7, 11) is 0. The molecule has 9 nitrogen and oxygen atoms in total. The minimum absolute atomic E-state index is 0.0184. The number of aromatic carboxylic acids is 1. The van der Waals surface area contributed by atoms with Gasteiger partial charge in [-0.05, 0) is 53.6 Å². The van der Waals surface area contributed by atoms with Crippen molar-refractivity contribution in [3.8, 4) is 11.1 Å². The Morgan fingerprint density at radius 1 is 0.976 bits per heavy atom. The van der Waals surface area contributed by atoms with Crippen LogP contribution < -0.4 is 10.6 Å². The van der Waals surface area contributed by atoms with Crippen molar-refractivity contribution < 1.29 is 29.1 Å². The number of carbonyl (C=O) groups is 5. The van der Waals surface area contributed by atoms with E-state index < -0.39 is 29.9 Å². The molecule has 1 aliphatic heterocycles. The van der Waals surface area contributed by atoms with Crippen molar-refractivity contribution >= 4 is 30.0 Å². The first-order valence-corrected chi connectivity index (χ1v) is 13.6. The van der Waals surface area contributed by atoms with Crippen LogP contribution in [0.2, 0.25) is 0 Å². The van der Waals surface area contributed by atoms with E-state index in [1.807, 2.05) is 54.6 Å². The molecule has 1 aliphatic rings. The molecule has 3 N–H and O–H groups in total. The molecule has 41 heavy (non-hydrogen) atoms. The Morgan fingerprint density at radius 3 is 2.32 bits per heavy atom. The highest BCUT2D eigenvalue weighted by Gasteiger charge is 2.31. The van der Waals surface area contributed by atoms with Crippen LogP contribution >= 0.6 is 0 Å². The SMILES string of the molecule is CC(=O)NC(Cc1ccc(C(=O)O)c(C=O)c1)C(=O)NC1CCCCN(Cc2ccc(-c3ccccc3)cc2)C1=O. The van der Waals surface area contributed by atoms with Crippen molar-refractivity contribution in [3.63, 3.8) is 0 Å². The first-order valence-electron chi connectivity index (χ1n) is 13.6. The molecule has 0 saturated carbocycles. The Labute approximate surface area is 238 Å². The van der Waals surface area contributed by atoms with Gasteiger partial charge in [-0.1, -0.05) is 60.7 Å². The third kappa shape index (κ3) is 7.66. The molecule has 3 amide bonds. The van der Waals surface area contributed by atoms with Crippen LogP contribution in [0.4, 0.5) is 0 Å². The summed E-state index contributed by atoms with van der Waals surface area (Å²) in [5.41, 5.74) is 3.51. The molecule has 0 bridgehead atoms.